The number of thioether (sulfide) groups is 1. The van der Waals surface area contributed by atoms with Gasteiger partial charge in [-0.2, -0.15) is 4.98 Å². The Kier molecular flexibility index (Phi) is 12.6. The van der Waals surface area contributed by atoms with Crippen LogP contribution in [0.2, 0.25) is 18.1 Å². The monoisotopic (exact) mass is 589 g/mol. The highest BCUT2D eigenvalue weighted by Gasteiger charge is 2.42. The second kappa shape index (κ2) is 14.7. The van der Waals surface area contributed by atoms with Crippen molar-refractivity contribution >= 4 is 55.0 Å². The molecule has 0 unspecified atom stereocenters. The van der Waals surface area contributed by atoms with Gasteiger partial charge < -0.3 is 19.2 Å². The average Bonchev–Trinajstić information content (AvgIpc) is 3.24. The Bertz CT molecular complexity index is 1050. The number of halogens is 2. The SMILES string of the molecule is CSCO[C@H]1C[C@H](n2ccc(NC(=O)c3ccccc3)nc2=O)O[C@@H]1CO[Si](C)(C)C(C)(C)C.ClCCl. The number of alkyl halides is 2. The smallest absolute Gasteiger partial charge is 0.351 e. The van der Waals surface area contributed by atoms with Gasteiger partial charge in [0.15, 0.2) is 8.32 Å². The van der Waals surface area contributed by atoms with Crippen molar-refractivity contribution in [3.8, 4) is 0 Å². The highest BCUT2D eigenvalue weighted by molar-refractivity contribution is 7.98. The highest BCUT2D eigenvalue weighted by atomic mass is 35.5. The first-order valence-electron chi connectivity index (χ1n) is 11.9. The van der Waals surface area contributed by atoms with Gasteiger partial charge in [-0.05, 0) is 42.6 Å². The number of nitrogens with zero attached hydrogens (tertiary/aromatic N) is 2. The summed E-state index contributed by atoms with van der Waals surface area (Å²) in [5.41, 5.74) is -0.00333. The fourth-order valence-electron chi connectivity index (χ4n) is 3.34. The number of hydrogen-bond acceptors (Lipinski definition) is 7. The first-order valence-corrected chi connectivity index (χ1v) is 17.3. The number of benzene rings is 1. The highest BCUT2D eigenvalue weighted by Crippen LogP contribution is 2.38. The van der Waals surface area contributed by atoms with Crippen molar-refractivity contribution in [1.29, 1.82) is 0 Å². The Balaban J connectivity index is 0.00000153. The van der Waals surface area contributed by atoms with Crippen molar-refractivity contribution in [3.05, 3.63) is 58.6 Å². The van der Waals surface area contributed by atoms with Crippen molar-refractivity contribution in [2.75, 3.05) is 29.5 Å². The summed E-state index contributed by atoms with van der Waals surface area (Å²) < 4.78 is 20.1. The van der Waals surface area contributed by atoms with Crippen LogP contribution in [-0.2, 0) is 13.9 Å². The predicted molar refractivity (Wildman–Crippen MR) is 154 cm³/mol. The van der Waals surface area contributed by atoms with Gasteiger partial charge in [0.1, 0.15) is 18.1 Å². The molecule has 1 saturated heterocycles. The van der Waals surface area contributed by atoms with Gasteiger partial charge in [0.05, 0.1) is 24.0 Å². The maximum Gasteiger partial charge on any atom is 0.351 e. The fourth-order valence-corrected chi connectivity index (χ4v) is 4.66. The summed E-state index contributed by atoms with van der Waals surface area (Å²) >= 11 is 11.1. The lowest BCUT2D eigenvalue weighted by atomic mass is 10.2. The van der Waals surface area contributed by atoms with E-state index in [1.807, 2.05) is 12.3 Å². The maximum absolute atomic E-state index is 12.8. The third-order valence-electron chi connectivity index (χ3n) is 6.41. The van der Waals surface area contributed by atoms with Crippen LogP contribution in [0.15, 0.2) is 47.4 Å². The van der Waals surface area contributed by atoms with Crippen molar-refractivity contribution < 1.29 is 18.7 Å². The van der Waals surface area contributed by atoms with Crippen molar-refractivity contribution in [1.82, 2.24) is 9.55 Å². The molecule has 37 heavy (non-hydrogen) atoms. The van der Waals surface area contributed by atoms with Crippen LogP contribution in [0.25, 0.3) is 0 Å². The van der Waals surface area contributed by atoms with E-state index in [1.165, 1.54) is 4.57 Å². The maximum atomic E-state index is 12.8. The molecule has 2 aromatic rings. The molecule has 8 nitrogen and oxygen atoms in total. The molecule has 3 atom stereocenters. The van der Waals surface area contributed by atoms with E-state index in [4.69, 9.17) is 37.1 Å². The Morgan fingerprint density at radius 2 is 1.89 bits per heavy atom. The minimum absolute atomic E-state index is 0.0848. The lowest BCUT2D eigenvalue weighted by Gasteiger charge is -2.37. The average molecular weight is 591 g/mol. The summed E-state index contributed by atoms with van der Waals surface area (Å²) in [5.74, 6) is 0.409. The Morgan fingerprint density at radius 1 is 1.24 bits per heavy atom. The minimum Gasteiger partial charge on any atom is -0.414 e. The zero-order chi connectivity index (χ0) is 27.6. The van der Waals surface area contributed by atoms with Crippen LogP contribution in [0.4, 0.5) is 5.82 Å². The quantitative estimate of drug-likeness (QED) is 0.220. The zero-order valence-electron chi connectivity index (χ0n) is 22.2. The van der Waals surface area contributed by atoms with E-state index in [1.54, 1.807) is 48.3 Å². The fraction of sp³-hybridized carbons (Fsp3) is 0.560. The standard InChI is InChI=1S/C24H35N3O5SSi.CH2Cl2/c1-24(2,3)34(5,6)31-15-19-18(30-16-33-4)14-21(32-19)27-13-12-20(26-23(27)29)25-22(28)17-10-8-7-9-11-17;2-1-3/h7-13,18-19,21H,14-16H2,1-6H3,(H,25,26,28,29);1H2/t18-,19+,21+;/m0./s1. The second-order valence-electron chi connectivity index (χ2n) is 9.97. The number of hydrogen-bond donors (Lipinski definition) is 1. The molecule has 0 bridgehead atoms. The van der Waals surface area contributed by atoms with Gasteiger partial charge in [0, 0.05) is 18.2 Å². The summed E-state index contributed by atoms with van der Waals surface area (Å²) in [6.45, 7) is 11.4. The number of nitrogens with one attached hydrogen (secondary N) is 1. The molecule has 1 aromatic carbocycles. The van der Waals surface area contributed by atoms with Gasteiger partial charge in [-0.15, -0.1) is 35.0 Å². The molecular weight excluding hydrogens is 553 g/mol. The van der Waals surface area contributed by atoms with Crippen LogP contribution in [0.3, 0.4) is 0 Å². The molecule has 1 aliphatic rings. The number of carbonyl (C=O) groups is 1. The van der Waals surface area contributed by atoms with Gasteiger partial charge in [-0.1, -0.05) is 39.0 Å². The Hall–Kier alpha value is -1.40. The molecule has 3 rings (SSSR count). The Labute approximate surface area is 234 Å². The van der Waals surface area contributed by atoms with Crippen LogP contribution in [0, 0.1) is 0 Å². The third-order valence-corrected chi connectivity index (χ3v) is 11.3. The molecule has 1 fully saturated rings. The molecule has 1 N–H and O–H groups in total. The van der Waals surface area contributed by atoms with Gasteiger partial charge in [-0.25, -0.2) is 4.79 Å². The molecule has 1 aromatic heterocycles. The molecule has 1 amide bonds. The zero-order valence-corrected chi connectivity index (χ0v) is 25.5. The molecule has 206 valence electrons. The summed E-state index contributed by atoms with van der Waals surface area (Å²) in [5, 5.41) is 2.95. The van der Waals surface area contributed by atoms with E-state index < -0.39 is 20.2 Å². The molecule has 0 aliphatic carbocycles. The van der Waals surface area contributed by atoms with E-state index >= 15 is 0 Å². The topological polar surface area (TPSA) is 91.7 Å². The number of aromatic nitrogens is 2. The first kappa shape index (κ1) is 31.8. The van der Waals surface area contributed by atoms with Crippen LogP contribution in [0.5, 0.6) is 0 Å². The van der Waals surface area contributed by atoms with E-state index in [-0.39, 0.29) is 34.3 Å². The predicted octanol–water partition coefficient (Wildman–Crippen LogP) is 5.93. The summed E-state index contributed by atoms with van der Waals surface area (Å²) in [7, 11) is -1.96. The van der Waals surface area contributed by atoms with Crippen LogP contribution >= 0.6 is 35.0 Å². The van der Waals surface area contributed by atoms with Crippen molar-refractivity contribution in [3.63, 3.8) is 0 Å². The van der Waals surface area contributed by atoms with Crippen LogP contribution < -0.4 is 11.0 Å². The van der Waals surface area contributed by atoms with E-state index in [0.29, 0.717) is 24.5 Å². The lowest BCUT2D eigenvalue weighted by molar-refractivity contribution is -0.0528. The minimum atomic E-state index is -1.96. The number of carbonyl (C=O) groups excluding carboxylic acids is 1. The number of amides is 1. The molecule has 12 heteroatoms. The van der Waals surface area contributed by atoms with Crippen molar-refractivity contribution in [2.45, 2.75) is 63.8 Å². The van der Waals surface area contributed by atoms with Gasteiger partial charge in [-0.3, -0.25) is 9.36 Å². The Morgan fingerprint density at radius 3 is 2.46 bits per heavy atom. The molecule has 1 aliphatic heterocycles. The van der Waals surface area contributed by atoms with Gasteiger partial charge in [0.2, 0.25) is 0 Å². The summed E-state index contributed by atoms with van der Waals surface area (Å²) in [6.07, 6.45) is 3.11. The normalized spacial score (nSPS) is 19.7. The molecule has 0 saturated carbocycles. The second-order valence-corrected chi connectivity index (χ2v) is 16.4. The van der Waals surface area contributed by atoms with Crippen molar-refractivity contribution in [2.24, 2.45) is 0 Å². The number of anilines is 1. The third kappa shape index (κ3) is 9.38. The first-order chi connectivity index (χ1) is 17.4. The van der Waals surface area contributed by atoms with E-state index in [0.717, 1.165) is 0 Å². The van der Waals surface area contributed by atoms with E-state index in [2.05, 4.69) is 44.2 Å². The van der Waals surface area contributed by atoms with E-state index in [9.17, 15) is 9.59 Å². The van der Waals surface area contributed by atoms with Gasteiger partial charge >= 0.3 is 5.69 Å². The van der Waals surface area contributed by atoms with Crippen LogP contribution in [-0.4, -0.2) is 60.1 Å². The summed E-state index contributed by atoms with van der Waals surface area (Å²) in [6, 6.07) is 10.4. The lowest BCUT2D eigenvalue weighted by Crippen LogP contribution is -2.44. The van der Waals surface area contributed by atoms with Gasteiger partial charge in [0.25, 0.3) is 5.91 Å². The molecule has 0 spiro atoms. The largest absolute Gasteiger partial charge is 0.414 e. The molecule has 2 heterocycles. The number of rotatable bonds is 9. The summed E-state index contributed by atoms with van der Waals surface area (Å²) in [4.78, 5) is 29.2. The molecular formula is C25H37Cl2N3O5SSi. The molecule has 0 radical (unpaired) electrons. The number of ether oxygens (including phenoxy) is 2. The van der Waals surface area contributed by atoms with Crippen LogP contribution in [0.1, 0.15) is 43.8 Å².